The molecule has 0 atom stereocenters. The van der Waals surface area contributed by atoms with E-state index in [0.29, 0.717) is 49.9 Å². The van der Waals surface area contributed by atoms with Gasteiger partial charge in [0.1, 0.15) is 5.75 Å². The SMILES string of the molecule is CCOc1ccc(NC(=O)N2CCOCC2)cc1CO. The second kappa shape index (κ2) is 7.12. The van der Waals surface area contributed by atoms with Crippen LogP contribution < -0.4 is 10.1 Å². The van der Waals surface area contributed by atoms with Crippen LogP contribution in [0.4, 0.5) is 10.5 Å². The lowest BCUT2D eigenvalue weighted by atomic mass is 10.2. The first-order chi connectivity index (χ1) is 9.74. The summed E-state index contributed by atoms with van der Waals surface area (Å²) in [7, 11) is 0. The number of urea groups is 1. The maximum Gasteiger partial charge on any atom is 0.321 e. The first-order valence-corrected chi connectivity index (χ1v) is 6.75. The van der Waals surface area contributed by atoms with E-state index in [0.717, 1.165) is 0 Å². The molecule has 0 radical (unpaired) electrons. The van der Waals surface area contributed by atoms with Crippen molar-refractivity contribution in [3.63, 3.8) is 0 Å². The summed E-state index contributed by atoms with van der Waals surface area (Å²) >= 11 is 0. The highest BCUT2D eigenvalue weighted by molar-refractivity contribution is 5.89. The Morgan fingerprint density at radius 2 is 2.20 bits per heavy atom. The van der Waals surface area contributed by atoms with Gasteiger partial charge in [0.25, 0.3) is 0 Å². The van der Waals surface area contributed by atoms with Gasteiger partial charge in [-0.3, -0.25) is 0 Å². The number of aliphatic hydroxyl groups excluding tert-OH is 1. The number of nitrogens with one attached hydrogen (secondary N) is 1. The summed E-state index contributed by atoms with van der Waals surface area (Å²) in [6, 6.07) is 5.09. The molecular formula is C14H20N2O4. The predicted octanol–water partition coefficient (Wildman–Crippen LogP) is 1.44. The second-order valence-electron chi connectivity index (χ2n) is 4.44. The molecule has 0 unspecified atom stereocenters. The van der Waals surface area contributed by atoms with E-state index in [1.165, 1.54) is 0 Å². The topological polar surface area (TPSA) is 71.0 Å². The fourth-order valence-electron chi connectivity index (χ4n) is 2.05. The highest BCUT2D eigenvalue weighted by atomic mass is 16.5. The molecule has 110 valence electrons. The van der Waals surface area contributed by atoms with Gasteiger partial charge in [0.2, 0.25) is 0 Å². The Hall–Kier alpha value is -1.79. The minimum absolute atomic E-state index is 0.128. The maximum atomic E-state index is 12.0. The smallest absolute Gasteiger partial charge is 0.321 e. The lowest BCUT2D eigenvalue weighted by Crippen LogP contribution is -2.43. The molecule has 1 aliphatic rings. The van der Waals surface area contributed by atoms with Gasteiger partial charge in [-0.1, -0.05) is 0 Å². The van der Waals surface area contributed by atoms with Crippen LogP contribution in [0.3, 0.4) is 0 Å². The lowest BCUT2D eigenvalue weighted by molar-refractivity contribution is 0.0564. The van der Waals surface area contributed by atoms with Crippen molar-refractivity contribution in [2.75, 3.05) is 38.2 Å². The molecule has 1 aromatic carbocycles. The summed E-state index contributed by atoms with van der Waals surface area (Å²) in [6.07, 6.45) is 0. The van der Waals surface area contributed by atoms with Gasteiger partial charge in [0.05, 0.1) is 26.4 Å². The molecule has 6 heteroatoms. The molecule has 0 saturated carbocycles. The molecule has 1 saturated heterocycles. The maximum absolute atomic E-state index is 12.0. The summed E-state index contributed by atoms with van der Waals surface area (Å²) in [6.45, 7) is 4.61. The second-order valence-corrected chi connectivity index (χ2v) is 4.44. The van der Waals surface area contributed by atoms with Crippen molar-refractivity contribution in [2.45, 2.75) is 13.5 Å². The van der Waals surface area contributed by atoms with Gasteiger partial charge in [0.15, 0.2) is 0 Å². The van der Waals surface area contributed by atoms with Gasteiger partial charge in [-0.05, 0) is 25.1 Å². The van der Waals surface area contributed by atoms with Crippen molar-refractivity contribution >= 4 is 11.7 Å². The molecular weight excluding hydrogens is 260 g/mol. The van der Waals surface area contributed by atoms with Crippen LogP contribution in [0.2, 0.25) is 0 Å². The van der Waals surface area contributed by atoms with Crippen LogP contribution in [0.25, 0.3) is 0 Å². The molecule has 0 aromatic heterocycles. The van der Waals surface area contributed by atoms with Crippen molar-refractivity contribution in [1.29, 1.82) is 0 Å². The number of carbonyl (C=O) groups is 1. The highest BCUT2D eigenvalue weighted by Crippen LogP contribution is 2.23. The third-order valence-electron chi connectivity index (χ3n) is 3.08. The van der Waals surface area contributed by atoms with Crippen LogP contribution in [0.1, 0.15) is 12.5 Å². The van der Waals surface area contributed by atoms with Crippen LogP contribution >= 0.6 is 0 Å². The fourth-order valence-corrected chi connectivity index (χ4v) is 2.05. The largest absolute Gasteiger partial charge is 0.494 e. The fraction of sp³-hybridized carbons (Fsp3) is 0.500. The summed E-state index contributed by atoms with van der Waals surface area (Å²) in [5.41, 5.74) is 1.31. The quantitative estimate of drug-likeness (QED) is 0.875. The van der Waals surface area contributed by atoms with Gasteiger partial charge in [-0.25, -0.2) is 4.79 Å². The molecule has 2 rings (SSSR count). The molecule has 6 nitrogen and oxygen atoms in total. The Bertz CT molecular complexity index is 458. The monoisotopic (exact) mass is 280 g/mol. The first kappa shape index (κ1) is 14.6. The van der Waals surface area contributed by atoms with Crippen molar-refractivity contribution in [2.24, 2.45) is 0 Å². The molecule has 1 aromatic rings. The zero-order valence-corrected chi connectivity index (χ0v) is 11.6. The van der Waals surface area contributed by atoms with Crippen molar-refractivity contribution in [1.82, 2.24) is 4.90 Å². The minimum atomic E-state index is -0.152. The average Bonchev–Trinajstić information content (AvgIpc) is 2.50. The van der Waals surface area contributed by atoms with Crippen LogP contribution in [-0.4, -0.2) is 48.9 Å². The Morgan fingerprint density at radius 3 is 2.85 bits per heavy atom. The predicted molar refractivity (Wildman–Crippen MR) is 74.9 cm³/mol. The van der Waals surface area contributed by atoms with E-state index >= 15 is 0 Å². The number of amides is 2. The van der Waals surface area contributed by atoms with Gasteiger partial charge in [-0.15, -0.1) is 0 Å². The number of ether oxygens (including phenoxy) is 2. The van der Waals surface area contributed by atoms with Gasteiger partial charge in [0, 0.05) is 24.3 Å². The number of nitrogens with zero attached hydrogens (tertiary/aromatic N) is 1. The number of hydrogen-bond donors (Lipinski definition) is 2. The van der Waals surface area contributed by atoms with E-state index in [2.05, 4.69) is 5.32 Å². The minimum Gasteiger partial charge on any atom is -0.494 e. The Morgan fingerprint density at radius 1 is 1.45 bits per heavy atom. The summed E-state index contributed by atoms with van der Waals surface area (Å²) < 4.78 is 10.6. The molecule has 20 heavy (non-hydrogen) atoms. The van der Waals surface area contributed by atoms with Gasteiger partial charge < -0.3 is 24.8 Å². The number of aliphatic hydroxyl groups is 1. The Labute approximate surface area is 118 Å². The summed E-state index contributed by atoms with van der Waals surface area (Å²) in [5.74, 6) is 0.638. The molecule has 0 bridgehead atoms. The first-order valence-electron chi connectivity index (χ1n) is 6.75. The van der Waals surface area contributed by atoms with E-state index in [9.17, 15) is 9.90 Å². The molecule has 2 amide bonds. The van der Waals surface area contributed by atoms with E-state index in [1.54, 1.807) is 23.1 Å². The zero-order valence-electron chi connectivity index (χ0n) is 11.6. The molecule has 2 N–H and O–H groups in total. The van der Waals surface area contributed by atoms with E-state index in [-0.39, 0.29) is 12.6 Å². The van der Waals surface area contributed by atoms with Crippen molar-refractivity contribution in [3.8, 4) is 5.75 Å². The number of rotatable bonds is 4. The standard InChI is InChI=1S/C14H20N2O4/c1-2-20-13-4-3-12(9-11(13)10-17)15-14(18)16-5-7-19-8-6-16/h3-4,9,17H,2,5-8,10H2,1H3,(H,15,18). The highest BCUT2D eigenvalue weighted by Gasteiger charge is 2.17. The number of morpholine rings is 1. The zero-order chi connectivity index (χ0) is 14.4. The third kappa shape index (κ3) is 3.61. The van der Waals surface area contributed by atoms with E-state index in [4.69, 9.17) is 9.47 Å². The van der Waals surface area contributed by atoms with Crippen molar-refractivity contribution < 1.29 is 19.4 Å². The van der Waals surface area contributed by atoms with Crippen molar-refractivity contribution in [3.05, 3.63) is 23.8 Å². The van der Waals surface area contributed by atoms with Crippen LogP contribution in [0.15, 0.2) is 18.2 Å². The normalized spacial score (nSPS) is 15.0. The van der Waals surface area contributed by atoms with E-state index < -0.39 is 0 Å². The van der Waals surface area contributed by atoms with Crippen LogP contribution in [0, 0.1) is 0 Å². The average molecular weight is 280 g/mol. The van der Waals surface area contributed by atoms with Crippen LogP contribution in [-0.2, 0) is 11.3 Å². The Kier molecular flexibility index (Phi) is 5.20. The van der Waals surface area contributed by atoms with Crippen LogP contribution in [0.5, 0.6) is 5.75 Å². The molecule has 0 spiro atoms. The van der Waals surface area contributed by atoms with Gasteiger partial charge >= 0.3 is 6.03 Å². The Balaban J connectivity index is 2.03. The number of hydrogen-bond acceptors (Lipinski definition) is 4. The molecule has 0 aliphatic carbocycles. The lowest BCUT2D eigenvalue weighted by Gasteiger charge is -2.27. The number of benzene rings is 1. The van der Waals surface area contributed by atoms with E-state index in [1.807, 2.05) is 6.92 Å². The van der Waals surface area contributed by atoms with Gasteiger partial charge in [-0.2, -0.15) is 0 Å². The third-order valence-corrected chi connectivity index (χ3v) is 3.08. The molecule has 1 heterocycles. The number of carbonyl (C=O) groups excluding carboxylic acids is 1. The summed E-state index contributed by atoms with van der Waals surface area (Å²) in [5, 5.41) is 12.2. The summed E-state index contributed by atoms with van der Waals surface area (Å²) in [4.78, 5) is 13.8. The molecule has 1 fully saturated rings. The molecule has 1 aliphatic heterocycles. The number of anilines is 1.